The van der Waals surface area contributed by atoms with Gasteiger partial charge in [-0.05, 0) is 35.9 Å². The molecule has 7 nitrogen and oxygen atoms in total. The number of nitrogens with one attached hydrogen (secondary N) is 2. The molecular weight excluding hydrogens is 392 g/mol. The number of hydrogen-bond donors (Lipinski definition) is 3. The normalized spacial score (nSPS) is 11.0. The maximum atomic E-state index is 12.3. The highest BCUT2D eigenvalue weighted by atomic mass is 79.9. The van der Waals surface area contributed by atoms with E-state index >= 15 is 0 Å². The van der Waals surface area contributed by atoms with E-state index in [0.29, 0.717) is 5.56 Å². The molecule has 2 rings (SSSR count). The molecule has 0 spiro atoms. The lowest BCUT2D eigenvalue weighted by Crippen LogP contribution is -2.35. The Balaban J connectivity index is 2.17. The van der Waals surface area contributed by atoms with Crippen LogP contribution in [0, 0.1) is 0 Å². The Labute approximate surface area is 151 Å². The van der Waals surface area contributed by atoms with Crippen LogP contribution in [0.3, 0.4) is 0 Å². The molecular formula is C17H15BrN2O5. The first kappa shape index (κ1) is 18.5. The van der Waals surface area contributed by atoms with Gasteiger partial charge in [0.2, 0.25) is 0 Å². The number of halogens is 1. The monoisotopic (exact) mass is 406 g/mol. The molecule has 0 saturated carbocycles. The van der Waals surface area contributed by atoms with Gasteiger partial charge in [0, 0.05) is 11.0 Å². The first-order valence-electron chi connectivity index (χ1n) is 7.28. The number of carboxylic acid groups (broad SMARTS) is 1. The van der Waals surface area contributed by atoms with Crippen molar-refractivity contribution in [2.24, 2.45) is 0 Å². The predicted octanol–water partition coefficient (Wildman–Crippen LogP) is 2.40. The van der Waals surface area contributed by atoms with Crippen molar-refractivity contribution < 1.29 is 23.9 Å². The molecule has 0 aliphatic carbocycles. The third-order valence-electron chi connectivity index (χ3n) is 3.04. The molecule has 1 aromatic carbocycles. The number of benzene rings is 1. The molecule has 130 valence electrons. The van der Waals surface area contributed by atoms with Crippen molar-refractivity contribution in [3.8, 4) is 0 Å². The van der Waals surface area contributed by atoms with E-state index in [1.807, 2.05) is 0 Å². The first-order chi connectivity index (χ1) is 12.0. The van der Waals surface area contributed by atoms with Crippen molar-refractivity contribution in [2.75, 3.05) is 6.54 Å². The molecule has 0 saturated heterocycles. The second kappa shape index (κ2) is 8.84. The van der Waals surface area contributed by atoms with Crippen LogP contribution >= 0.6 is 15.9 Å². The zero-order valence-corrected chi connectivity index (χ0v) is 14.6. The van der Waals surface area contributed by atoms with Crippen molar-refractivity contribution in [2.45, 2.75) is 6.42 Å². The van der Waals surface area contributed by atoms with E-state index in [2.05, 4.69) is 26.6 Å². The highest BCUT2D eigenvalue weighted by Gasteiger charge is 2.16. The van der Waals surface area contributed by atoms with Crippen molar-refractivity contribution in [3.63, 3.8) is 0 Å². The molecule has 2 amide bonds. The average Bonchev–Trinajstić information content (AvgIpc) is 3.10. The molecule has 1 aromatic heterocycles. The van der Waals surface area contributed by atoms with Gasteiger partial charge in [-0.15, -0.1) is 0 Å². The summed E-state index contributed by atoms with van der Waals surface area (Å²) in [5, 5.41) is 13.6. The van der Waals surface area contributed by atoms with Gasteiger partial charge in [-0.25, -0.2) is 0 Å². The zero-order chi connectivity index (χ0) is 18.2. The topological polar surface area (TPSA) is 109 Å². The van der Waals surface area contributed by atoms with Gasteiger partial charge in [-0.2, -0.15) is 0 Å². The van der Waals surface area contributed by atoms with E-state index in [0.717, 1.165) is 4.47 Å². The number of aliphatic carboxylic acids is 1. The molecule has 0 atom stereocenters. The van der Waals surface area contributed by atoms with Gasteiger partial charge in [0.15, 0.2) is 5.76 Å². The molecule has 0 bridgehead atoms. The Bertz CT molecular complexity index is 782. The van der Waals surface area contributed by atoms with Crippen molar-refractivity contribution >= 4 is 39.8 Å². The smallest absolute Gasteiger partial charge is 0.305 e. The van der Waals surface area contributed by atoms with Crippen LogP contribution in [-0.2, 0) is 9.59 Å². The van der Waals surface area contributed by atoms with Gasteiger partial charge in [-0.3, -0.25) is 14.4 Å². The van der Waals surface area contributed by atoms with E-state index in [4.69, 9.17) is 9.52 Å². The maximum absolute atomic E-state index is 12.3. The molecule has 3 N–H and O–H groups in total. The summed E-state index contributed by atoms with van der Waals surface area (Å²) in [5.74, 6) is -2.15. The van der Waals surface area contributed by atoms with Crippen LogP contribution < -0.4 is 10.6 Å². The van der Waals surface area contributed by atoms with Crippen molar-refractivity contribution in [1.82, 2.24) is 10.6 Å². The molecule has 0 unspecified atom stereocenters. The number of rotatable bonds is 7. The average molecular weight is 407 g/mol. The molecule has 0 fully saturated rings. The highest BCUT2D eigenvalue weighted by Crippen LogP contribution is 2.13. The minimum atomic E-state index is -1.03. The molecule has 0 aliphatic rings. The SMILES string of the molecule is O=C(O)CCNC(=O)/C(=C\c1ccc(Br)cc1)NC(=O)c1ccco1. The fourth-order valence-corrected chi connectivity index (χ4v) is 2.12. The number of furan rings is 1. The van der Waals surface area contributed by atoms with Crippen molar-refractivity contribution in [1.29, 1.82) is 0 Å². The summed E-state index contributed by atoms with van der Waals surface area (Å²) < 4.78 is 5.87. The number of hydrogen-bond acceptors (Lipinski definition) is 4. The quantitative estimate of drug-likeness (QED) is 0.611. The number of carboxylic acids is 1. The fourth-order valence-electron chi connectivity index (χ4n) is 1.85. The largest absolute Gasteiger partial charge is 0.481 e. The standard InChI is InChI=1S/C17H15BrN2O5/c18-12-5-3-11(4-6-12)10-13(16(23)19-8-7-15(21)22)20-17(24)14-2-1-9-25-14/h1-6,9-10H,7-8H2,(H,19,23)(H,20,24)(H,21,22)/b13-10+. The van der Waals surface area contributed by atoms with E-state index in [-0.39, 0.29) is 24.4 Å². The van der Waals surface area contributed by atoms with Crippen LogP contribution in [0.4, 0.5) is 0 Å². The molecule has 8 heteroatoms. The highest BCUT2D eigenvalue weighted by molar-refractivity contribution is 9.10. The Morgan fingerprint density at radius 3 is 2.48 bits per heavy atom. The Kier molecular flexibility index (Phi) is 6.53. The predicted molar refractivity (Wildman–Crippen MR) is 93.6 cm³/mol. The number of amides is 2. The molecule has 0 aliphatic heterocycles. The molecule has 1 heterocycles. The van der Waals surface area contributed by atoms with Gasteiger partial charge in [0.25, 0.3) is 11.8 Å². The van der Waals surface area contributed by atoms with Crippen LogP contribution in [0.15, 0.2) is 57.2 Å². The lowest BCUT2D eigenvalue weighted by molar-refractivity contribution is -0.136. The Morgan fingerprint density at radius 2 is 1.88 bits per heavy atom. The number of carbonyl (C=O) groups excluding carboxylic acids is 2. The van der Waals surface area contributed by atoms with E-state index in [9.17, 15) is 14.4 Å². The lowest BCUT2D eigenvalue weighted by atomic mass is 10.2. The Hall–Kier alpha value is -2.87. The minimum absolute atomic E-state index is 0.0193. The van der Waals surface area contributed by atoms with Crippen molar-refractivity contribution in [3.05, 3.63) is 64.2 Å². The van der Waals surface area contributed by atoms with Gasteiger partial charge in [0.1, 0.15) is 5.70 Å². The summed E-state index contributed by atoms with van der Waals surface area (Å²) in [6.07, 6.45) is 2.62. The van der Waals surface area contributed by atoms with Gasteiger partial charge >= 0.3 is 5.97 Å². The summed E-state index contributed by atoms with van der Waals surface area (Å²) >= 11 is 3.32. The van der Waals surface area contributed by atoms with Crippen LogP contribution in [-0.4, -0.2) is 29.4 Å². The summed E-state index contributed by atoms with van der Waals surface area (Å²) in [7, 11) is 0. The first-order valence-corrected chi connectivity index (χ1v) is 8.07. The lowest BCUT2D eigenvalue weighted by Gasteiger charge is -2.10. The van der Waals surface area contributed by atoms with E-state index < -0.39 is 17.8 Å². The third-order valence-corrected chi connectivity index (χ3v) is 3.57. The third kappa shape index (κ3) is 5.92. The number of carbonyl (C=O) groups is 3. The van der Waals surface area contributed by atoms with E-state index in [1.54, 1.807) is 30.3 Å². The summed E-state index contributed by atoms with van der Waals surface area (Å²) in [4.78, 5) is 34.9. The Morgan fingerprint density at radius 1 is 1.16 bits per heavy atom. The van der Waals surface area contributed by atoms with Gasteiger partial charge in [-0.1, -0.05) is 28.1 Å². The maximum Gasteiger partial charge on any atom is 0.305 e. The van der Waals surface area contributed by atoms with E-state index in [1.165, 1.54) is 18.4 Å². The second-order valence-corrected chi connectivity index (χ2v) is 5.86. The zero-order valence-electron chi connectivity index (χ0n) is 13.0. The second-order valence-electron chi connectivity index (χ2n) is 4.94. The summed E-state index contributed by atoms with van der Waals surface area (Å²) in [5.41, 5.74) is 0.667. The molecule has 0 radical (unpaired) electrons. The van der Waals surface area contributed by atoms with Crippen LogP contribution in [0.2, 0.25) is 0 Å². The van der Waals surface area contributed by atoms with Crippen LogP contribution in [0.1, 0.15) is 22.5 Å². The summed E-state index contributed by atoms with van der Waals surface area (Å²) in [6, 6.07) is 10.1. The minimum Gasteiger partial charge on any atom is -0.481 e. The van der Waals surface area contributed by atoms with Crippen LogP contribution in [0.5, 0.6) is 0 Å². The summed E-state index contributed by atoms with van der Waals surface area (Å²) in [6.45, 7) is -0.0531. The molecule has 25 heavy (non-hydrogen) atoms. The van der Waals surface area contributed by atoms with Crippen LogP contribution in [0.25, 0.3) is 6.08 Å². The fraction of sp³-hybridized carbons (Fsp3) is 0.118. The van der Waals surface area contributed by atoms with Gasteiger partial charge in [0.05, 0.1) is 12.7 Å². The van der Waals surface area contributed by atoms with Gasteiger partial charge < -0.3 is 20.2 Å². The molecule has 2 aromatic rings.